The van der Waals surface area contributed by atoms with Crippen molar-refractivity contribution in [2.24, 2.45) is 0 Å². The van der Waals surface area contributed by atoms with Crippen LogP contribution in [0.3, 0.4) is 0 Å². The van der Waals surface area contributed by atoms with E-state index in [1.54, 1.807) is 17.1 Å². The average Bonchev–Trinajstić information content (AvgIpc) is 3.05. The van der Waals surface area contributed by atoms with Gasteiger partial charge in [0, 0.05) is 50.3 Å². The zero-order valence-electron chi connectivity index (χ0n) is 13.9. The zero-order chi connectivity index (χ0) is 16.8. The van der Waals surface area contributed by atoms with Crippen LogP contribution in [0.2, 0.25) is 0 Å². The van der Waals surface area contributed by atoms with Gasteiger partial charge >= 0.3 is 0 Å². The number of rotatable bonds is 6. The lowest BCUT2D eigenvalue weighted by Crippen LogP contribution is -2.24. The summed E-state index contributed by atoms with van der Waals surface area (Å²) in [6, 6.07) is 1.92. The standard InChI is InChI=1S/C17H23N5O2/c1-13-5-7-22(21-13)8-6-16(23)18-10-14-11-19-17(20-12-14)15-4-2-3-9-24-15/h5,7,11-12,15H,2-4,6,8-10H2,1H3,(H,18,23)/t15-/m0/s1. The molecule has 7 nitrogen and oxygen atoms in total. The highest BCUT2D eigenvalue weighted by molar-refractivity contribution is 5.75. The summed E-state index contributed by atoms with van der Waals surface area (Å²) in [4.78, 5) is 20.6. The van der Waals surface area contributed by atoms with Crippen molar-refractivity contribution < 1.29 is 9.53 Å². The maximum atomic E-state index is 11.9. The van der Waals surface area contributed by atoms with Crippen LogP contribution in [-0.2, 0) is 22.6 Å². The maximum Gasteiger partial charge on any atom is 0.222 e. The fraction of sp³-hybridized carbons (Fsp3) is 0.529. The Morgan fingerprint density at radius 2 is 2.21 bits per heavy atom. The molecule has 3 rings (SSSR count). The van der Waals surface area contributed by atoms with Crippen LogP contribution in [0.4, 0.5) is 0 Å². The second-order valence-electron chi connectivity index (χ2n) is 6.05. The minimum Gasteiger partial charge on any atom is -0.370 e. The molecule has 0 spiro atoms. The summed E-state index contributed by atoms with van der Waals surface area (Å²) in [6.45, 7) is 3.72. The second-order valence-corrected chi connectivity index (χ2v) is 6.05. The third-order valence-corrected chi connectivity index (χ3v) is 4.02. The van der Waals surface area contributed by atoms with Crippen molar-refractivity contribution in [2.75, 3.05) is 6.61 Å². The molecule has 24 heavy (non-hydrogen) atoms. The predicted molar refractivity (Wildman–Crippen MR) is 88.0 cm³/mol. The van der Waals surface area contributed by atoms with E-state index in [2.05, 4.69) is 20.4 Å². The number of hydrogen-bond donors (Lipinski definition) is 1. The van der Waals surface area contributed by atoms with Crippen LogP contribution in [0.5, 0.6) is 0 Å². The van der Waals surface area contributed by atoms with Gasteiger partial charge in [0.25, 0.3) is 0 Å². The second kappa shape index (κ2) is 8.01. The van der Waals surface area contributed by atoms with E-state index in [1.807, 2.05) is 19.2 Å². The van der Waals surface area contributed by atoms with Crippen LogP contribution in [0.25, 0.3) is 0 Å². The Bertz CT molecular complexity index is 662. The molecule has 1 aliphatic rings. The molecule has 1 saturated heterocycles. The molecule has 0 aromatic carbocycles. The molecule has 0 saturated carbocycles. The van der Waals surface area contributed by atoms with E-state index < -0.39 is 0 Å². The molecule has 1 fully saturated rings. The lowest BCUT2D eigenvalue weighted by Gasteiger charge is -2.21. The van der Waals surface area contributed by atoms with E-state index in [0.29, 0.717) is 19.5 Å². The van der Waals surface area contributed by atoms with Crippen LogP contribution in [0, 0.1) is 6.92 Å². The molecule has 7 heteroatoms. The first-order valence-corrected chi connectivity index (χ1v) is 8.40. The zero-order valence-corrected chi connectivity index (χ0v) is 13.9. The minimum atomic E-state index is -0.0113. The summed E-state index contributed by atoms with van der Waals surface area (Å²) in [6.07, 6.45) is 9.05. The summed E-state index contributed by atoms with van der Waals surface area (Å²) in [5, 5.41) is 7.14. The van der Waals surface area contributed by atoms with Crippen molar-refractivity contribution in [3.05, 3.63) is 41.7 Å². The van der Waals surface area contributed by atoms with E-state index in [9.17, 15) is 4.79 Å². The van der Waals surface area contributed by atoms with Gasteiger partial charge in [0.2, 0.25) is 5.91 Å². The van der Waals surface area contributed by atoms with Gasteiger partial charge in [-0.05, 0) is 32.3 Å². The molecule has 1 amide bonds. The Morgan fingerprint density at radius 1 is 1.38 bits per heavy atom. The van der Waals surface area contributed by atoms with E-state index in [0.717, 1.165) is 43.0 Å². The largest absolute Gasteiger partial charge is 0.370 e. The Hall–Kier alpha value is -2.28. The number of carbonyl (C=O) groups is 1. The van der Waals surface area contributed by atoms with Crippen molar-refractivity contribution in [1.82, 2.24) is 25.1 Å². The van der Waals surface area contributed by atoms with Crippen LogP contribution >= 0.6 is 0 Å². The van der Waals surface area contributed by atoms with E-state index in [4.69, 9.17) is 4.74 Å². The number of amides is 1. The highest BCUT2D eigenvalue weighted by Crippen LogP contribution is 2.24. The predicted octanol–water partition coefficient (Wildman–Crippen LogP) is 1.93. The Balaban J connectivity index is 1.43. The molecule has 2 aromatic heterocycles. The molecular formula is C17H23N5O2. The summed E-state index contributed by atoms with van der Waals surface area (Å²) in [7, 11) is 0. The molecule has 1 atom stereocenters. The number of ether oxygens (including phenoxy) is 1. The first-order valence-electron chi connectivity index (χ1n) is 8.40. The molecule has 1 N–H and O–H groups in total. The van der Waals surface area contributed by atoms with Gasteiger partial charge in [-0.25, -0.2) is 9.97 Å². The van der Waals surface area contributed by atoms with Gasteiger partial charge in [-0.2, -0.15) is 5.10 Å². The van der Waals surface area contributed by atoms with Gasteiger partial charge in [0.05, 0.1) is 5.69 Å². The normalized spacial score (nSPS) is 17.6. The quantitative estimate of drug-likeness (QED) is 0.876. The van der Waals surface area contributed by atoms with Crippen molar-refractivity contribution >= 4 is 5.91 Å². The Morgan fingerprint density at radius 3 is 2.88 bits per heavy atom. The molecule has 3 heterocycles. The SMILES string of the molecule is Cc1ccn(CCC(=O)NCc2cnc([C@@H]3CCCCO3)nc2)n1. The monoisotopic (exact) mass is 329 g/mol. The number of aryl methyl sites for hydroxylation is 2. The molecule has 1 aliphatic heterocycles. The molecule has 0 bridgehead atoms. The third-order valence-electron chi connectivity index (χ3n) is 4.02. The number of nitrogens with zero attached hydrogens (tertiary/aromatic N) is 4. The molecule has 0 aliphatic carbocycles. The highest BCUT2D eigenvalue weighted by atomic mass is 16.5. The Labute approximate surface area is 141 Å². The summed E-state index contributed by atoms with van der Waals surface area (Å²) in [5.74, 6) is 0.724. The van der Waals surface area contributed by atoms with Gasteiger partial charge in [0.1, 0.15) is 6.10 Å². The van der Waals surface area contributed by atoms with Gasteiger partial charge in [-0.3, -0.25) is 9.48 Å². The minimum absolute atomic E-state index is 0.0113. The highest BCUT2D eigenvalue weighted by Gasteiger charge is 2.18. The smallest absolute Gasteiger partial charge is 0.222 e. The van der Waals surface area contributed by atoms with Crippen molar-refractivity contribution in [1.29, 1.82) is 0 Å². The van der Waals surface area contributed by atoms with Crippen LogP contribution in [-0.4, -0.2) is 32.3 Å². The number of nitrogens with one attached hydrogen (secondary N) is 1. The van der Waals surface area contributed by atoms with Gasteiger partial charge in [-0.1, -0.05) is 0 Å². The molecule has 2 aromatic rings. The number of carbonyl (C=O) groups excluding carboxylic acids is 1. The number of hydrogen-bond acceptors (Lipinski definition) is 5. The fourth-order valence-electron chi connectivity index (χ4n) is 2.66. The van der Waals surface area contributed by atoms with E-state index in [-0.39, 0.29) is 12.0 Å². The van der Waals surface area contributed by atoms with Crippen molar-refractivity contribution in [3.63, 3.8) is 0 Å². The van der Waals surface area contributed by atoms with Gasteiger partial charge < -0.3 is 10.1 Å². The topological polar surface area (TPSA) is 81.9 Å². The lowest BCUT2D eigenvalue weighted by atomic mass is 10.1. The summed E-state index contributed by atoms with van der Waals surface area (Å²) >= 11 is 0. The van der Waals surface area contributed by atoms with E-state index >= 15 is 0 Å². The van der Waals surface area contributed by atoms with Crippen LogP contribution in [0.15, 0.2) is 24.7 Å². The third kappa shape index (κ3) is 4.61. The molecular weight excluding hydrogens is 306 g/mol. The van der Waals surface area contributed by atoms with Crippen molar-refractivity contribution in [3.8, 4) is 0 Å². The van der Waals surface area contributed by atoms with Crippen LogP contribution in [0.1, 0.15) is 48.9 Å². The molecule has 0 unspecified atom stereocenters. The number of aromatic nitrogens is 4. The molecule has 0 radical (unpaired) electrons. The van der Waals surface area contributed by atoms with E-state index in [1.165, 1.54) is 0 Å². The Kier molecular flexibility index (Phi) is 5.53. The van der Waals surface area contributed by atoms with Crippen molar-refractivity contribution in [2.45, 2.75) is 51.8 Å². The first kappa shape index (κ1) is 16.6. The first-order chi connectivity index (χ1) is 11.7. The maximum absolute atomic E-state index is 11.9. The van der Waals surface area contributed by atoms with Gasteiger partial charge in [-0.15, -0.1) is 0 Å². The summed E-state index contributed by atoms with van der Waals surface area (Å²) in [5.41, 5.74) is 1.84. The average molecular weight is 329 g/mol. The molecule has 128 valence electrons. The fourth-order valence-corrected chi connectivity index (χ4v) is 2.66. The van der Waals surface area contributed by atoms with Gasteiger partial charge in [0.15, 0.2) is 5.82 Å². The summed E-state index contributed by atoms with van der Waals surface area (Å²) < 4.78 is 7.45. The lowest BCUT2D eigenvalue weighted by molar-refractivity contribution is -0.121. The van der Waals surface area contributed by atoms with Crippen LogP contribution < -0.4 is 5.32 Å².